The van der Waals surface area contributed by atoms with E-state index in [2.05, 4.69) is 15.8 Å². The van der Waals surface area contributed by atoms with E-state index in [9.17, 15) is 9.59 Å². The van der Waals surface area contributed by atoms with Gasteiger partial charge < -0.3 is 10.1 Å². The number of nitrogens with one attached hydrogen (secondary N) is 2. The normalized spacial score (nSPS) is 10.5. The van der Waals surface area contributed by atoms with Crippen LogP contribution in [0.15, 0.2) is 47.6 Å². The van der Waals surface area contributed by atoms with Gasteiger partial charge in [-0.25, -0.2) is 5.43 Å². The summed E-state index contributed by atoms with van der Waals surface area (Å²) >= 11 is 11.6. The van der Waals surface area contributed by atoms with Gasteiger partial charge in [-0.05, 0) is 35.9 Å². The molecule has 124 valence electrons. The first-order valence-electron chi connectivity index (χ1n) is 6.73. The predicted molar refractivity (Wildman–Crippen MR) is 93.8 cm³/mol. The Bertz CT molecular complexity index is 794. The first-order chi connectivity index (χ1) is 11.5. The molecule has 0 heterocycles. The number of halogens is 2. The number of rotatable bonds is 4. The molecule has 0 saturated heterocycles. The lowest BCUT2D eigenvalue weighted by Crippen LogP contribution is -2.32. The Morgan fingerprint density at radius 3 is 2.58 bits per heavy atom. The number of ether oxygens (including phenoxy) is 1. The molecule has 0 radical (unpaired) electrons. The third-order valence-corrected chi connectivity index (χ3v) is 3.60. The lowest BCUT2D eigenvalue weighted by molar-refractivity contribution is -0.136. The van der Waals surface area contributed by atoms with Crippen molar-refractivity contribution in [2.75, 3.05) is 12.4 Å². The van der Waals surface area contributed by atoms with Crippen molar-refractivity contribution in [2.24, 2.45) is 5.10 Å². The molecule has 24 heavy (non-hydrogen) atoms. The van der Waals surface area contributed by atoms with Crippen molar-refractivity contribution in [1.82, 2.24) is 5.43 Å². The monoisotopic (exact) mass is 365 g/mol. The van der Waals surface area contributed by atoms with Crippen molar-refractivity contribution in [3.63, 3.8) is 0 Å². The van der Waals surface area contributed by atoms with Gasteiger partial charge in [0.05, 0.1) is 23.4 Å². The molecule has 0 bridgehead atoms. The van der Waals surface area contributed by atoms with Gasteiger partial charge in [0.25, 0.3) is 0 Å². The second-order valence-corrected chi connectivity index (χ2v) is 5.37. The molecule has 2 N–H and O–H groups in total. The van der Waals surface area contributed by atoms with Gasteiger partial charge in [-0.1, -0.05) is 35.3 Å². The molecule has 2 aromatic carbocycles. The zero-order chi connectivity index (χ0) is 17.5. The Balaban J connectivity index is 1.92. The highest BCUT2D eigenvalue weighted by Gasteiger charge is 2.13. The second-order valence-electron chi connectivity index (χ2n) is 4.56. The highest BCUT2D eigenvalue weighted by atomic mass is 35.5. The number of carbonyl (C=O) groups excluding carboxylic acids is 2. The molecule has 0 aromatic heterocycles. The molecule has 0 aliphatic heterocycles. The van der Waals surface area contributed by atoms with Crippen LogP contribution in [0.3, 0.4) is 0 Å². The van der Waals surface area contributed by atoms with E-state index in [4.69, 9.17) is 27.9 Å². The quantitative estimate of drug-likeness (QED) is 0.496. The lowest BCUT2D eigenvalue weighted by atomic mass is 10.2. The minimum atomic E-state index is -0.916. The summed E-state index contributed by atoms with van der Waals surface area (Å²) in [7, 11) is 1.55. The third-order valence-electron chi connectivity index (χ3n) is 2.86. The van der Waals surface area contributed by atoms with E-state index in [1.54, 1.807) is 31.4 Å². The summed E-state index contributed by atoms with van der Waals surface area (Å²) in [5.74, 6) is -1.14. The Kier molecular flexibility index (Phi) is 6.17. The van der Waals surface area contributed by atoms with Crippen LogP contribution >= 0.6 is 23.2 Å². The number of hydrazone groups is 1. The molecule has 0 saturated carbocycles. The Labute approximate surface area is 148 Å². The minimum Gasteiger partial charge on any atom is -0.497 e. The SMILES string of the molecule is COc1cccc(/C=N\NC(=O)C(=O)Nc2ccc(Cl)c(Cl)c2)c1. The van der Waals surface area contributed by atoms with Crippen molar-refractivity contribution in [2.45, 2.75) is 0 Å². The minimum absolute atomic E-state index is 0.269. The second kappa shape index (κ2) is 8.33. The molecule has 2 amide bonds. The van der Waals surface area contributed by atoms with Crippen LogP contribution in [-0.4, -0.2) is 25.1 Å². The van der Waals surface area contributed by atoms with Gasteiger partial charge in [0.2, 0.25) is 0 Å². The molecular formula is C16H13Cl2N3O3. The molecular weight excluding hydrogens is 353 g/mol. The number of carbonyl (C=O) groups is 2. The van der Waals surface area contributed by atoms with Gasteiger partial charge in [0, 0.05) is 5.69 Å². The molecule has 2 aromatic rings. The summed E-state index contributed by atoms with van der Waals surface area (Å²) in [5.41, 5.74) is 3.19. The Morgan fingerprint density at radius 1 is 1.08 bits per heavy atom. The first kappa shape index (κ1) is 17.8. The molecule has 0 unspecified atom stereocenters. The highest BCUT2D eigenvalue weighted by molar-refractivity contribution is 6.42. The van der Waals surface area contributed by atoms with Gasteiger partial charge >= 0.3 is 11.8 Å². The number of benzene rings is 2. The van der Waals surface area contributed by atoms with Crippen molar-refractivity contribution >= 4 is 46.9 Å². The van der Waals surface area contributed by atoms with E-state index in [1.165, 1.54) is 24.4 Å². The van der Waals surface area contributed by atoms with E-state index < -0.39 is 11.8 Å². The number of methoxy groups -OCH3 is 1. The number of anilines is 1. The van der Waals surface area contributed by atoms with Crippen molar-refractivity contribution in [1.29, 1.82) is 0 Å². The molecule has 0 aliphatic rings. The molecule has 6 nitrogen and oxygen atoms in total. The van der Waals surface area contributed by atoms with Crippen LogP contribution in [0.2, 0.25) is 10.0 Å². The van der Waals surface area contributed by atoms with E-state index >= 15 is 0 Å². The fourth-order valence-corrected chi connectivity index (χ4v) is 2.00. The molecule has 0 aliphatic carbocycles. The average Bonchev–Trinajstić information content (AvgIpc) is 2.58. The van der Waals surface area contributed by atoms with Crippen LogP contribution in [0.4, 0.5) is 5.69 Å². The molecule has 0 spiro atoms. The Morgan fingerprint density at radius 2 is 1.88 bits per heavy atom. The fourth-order valence-electron chi connectivity index (χ4n) is 1.70. The maximum atomic E-state index is 11.8. The largest absolute Gasteiger partial charge is 0.497 e. The standard InChI is InChI=1S/C16H13Cl2N3O3/c1-24-12-4-2-3-10(7-12)9-19-21-16(23)15(22)20-11-5-6-13(17)14(18)8-11/h2-9H,1H3,(H,20,22)(H,21,23)/b19-9-. The van der Waals surface area contributed by atoms with Crippen LogP contribution in [0.25, 0.3) is 0 Å². The predicted octanol–water partition coefficient (Wildman–Crippen LogP) is 3.09. The summed E-state index contributed by atoms with van der Waals surface area (Å²) in [4.78, 5) is 23.5. The summed E-state index contributed by atoms with van der Waals surface area (Å²) in [5, 5.41) is 6.73. The summed E-state index contributed by atoms with van der Waals surface area (Å²) in [6.45, 7) is 0. The van der Waals surface area contributed by atoms with Crippen LogP contribution < -0.4 is 15.5 Å². The van der Waals surface area contributed by atoms with Gasteiger partial charge in [-0.3, -0.25) is 9.59 Å². The smallest absolute Gasteiger partial charge is 0.329 e. The fraction of sp³-hybridized carbons (Fsp3) is 0.0625. The summed E-state index contributed by atoms with van der Waals surface area (Å²) in [6.07, 6.45) is 1.40. The number of hydrogen-bond donors (Lipinski definition) is 2. The van der Waals surface area contributed by atoms with Gasteiger partial charge in [-0.2, -0.15) is 5.10 Å². The van der Waals surface area contributed by atoms with E-state index in [0.29, 0.717) is 22.0 Å². The molecule has 0 atom stereocenters. The average molecular weight is 366 g/mol. The zero-order valence-corrected chi connectivity index (χ0v) is 14.1. The molecule has 8 heteroatoms. The number of amides is 2. The van der Waals surface area contributed by atoms with Crippen LogP contribution in [-0.2, 0) is 9.59 Å². The summed E-state index contributed by atoms with van der Waals surface area (Å²) < 4.78 is 5.07. The number of nitrogens with zero attached hydrogens (tertiary/aromatic N) is 1. The highest BCUT2D eigenvalue weighted by Crippen LogP contribution is 2.24. The van der Waals surface area contributed by atoms with Gasteiger partial charge in [0.1, 0.15) is 5.75 Å². The zero-order valence-electron chi connectivity index (χ0n) is 12.5. The maximum Gasteiger partial charge on any atom is 0.329 e. The van der Waals surface area contributed by atoms with Crippen LogP contribution in [0, 0.1) is 0 Å². The third kappa shape index (κ3) is 4.97. The van der Waals surface area contributed by atoms with E-state index in [-0.39, 0.29) is 5.02 Å². The summed E-state index contributed by atoms with van der Waals surface area (Å²) in [6, 6.07) is 11.5. The molecule has 0 fully saturated rings. The molecule has 2 rings (SSSR count). The van der Waals surface area contributed by atoms with Crippen molar-refractivity contribution in [3.8, 4) is 5.75 Å². The van der Waals surface area contributed by atoms with Gasteiger partial charge in [0.15, 0.2) is 0 Å². The van der Waals surface area contributed by atoms with Crippen LogP contribution in [0.1, 0.15) is 5.56 Å². The lowest BCUT2D eigenvalue weighted by Gasteiger charge is -2.05. The van der Waals surface area contributed by atoms with Gasteiger partial charge in [-0.15, -0.1) is 0 Å². The van der Waals surface area contributed by atoms with Crippen molar-refractivity contribution in [3.05, 3.63) is 58.1 Å². The maximum absolute atomic E-state index is 11.8. The first-order valence-corrected chi connectivity index (χ1v) is 7.48. The van der Waals surface area contributed by atoms with Crippen LogP contribution in [0.5, 0.6) is 5.75 Å². The Hall–Kier alpha value is -2.57. The van der Waals surface area contributed by atoms with Crippen molar-refractivity contribution < 1.29 is 14.3 Å². The van der Waals surface area contributed by atoms with E-state index in [0.717, 1.165) is 0 Å². The topological polar surface area (TPSA) is 79.8 Å². The van der Waals surface area contributed by atoms with E-state index in [1.807, 2.05) is 0 Å². The number of hydrogen-bond acceptors (Lipinski definition) is 4.